The van der Waals surface area contributed by atoms with E-state index in [1.807, 2.05) is 44.2 Å². The van der Waals surface area contributed by atoms with Crippen molar-refractivity contribution in [2.24, 2.45) is 0 Å². The predicted octanol–water partition coefficient (Wildman–Crippen LogP) is 4.11. The van der Waals surface area contributed by atoms with Crippen LogP contribution < -0.4 is 4.90 Å². The van der Waals surface area contributed by atoms with Crippen molar-refractivity contribution < 1.29 is 9.21 Å². The Bertz CT molecular complexity index is 836. The highest BCUT2D eigenvalue weighted by Crippen LogP contribution is 2.21. The van der Waals surface area contributed by atoms with E-state index < -0.39 is 0 Å². The Morgan fingerprint density at radius 2 is 2.00 bits per heavy atom. The number of carbonyl (C=O) groups is 1. The molecule has 0 saturated carbocycles. The second-order valence-corrected chi connectivity index (χ2v) is 5.30. The van der Waals surface area contributed by atoms with Gasteiger partial charge in [-0.2, -0.15) is 0 Å². The van der Waals surface area contributed by atoms with Gasteiger partial charge in [-0.05, 0) is 49.7 Å². The Hall–Kier alpha value is -2.62. The monoisotopic (exact) mass is 294 g/mol. The molecule has 0 spiro atoms. The number of hydrogen-bond acceptors (Lipinski definition) is 3. The zero-order valence-electron chi connectivity index (χ0n) is 13.0. The zero-order chi connectivity index (χ0) is 15.7. The maximum Gasteiger partial charge on any atom is 0.258 e. The highest BCUT2D eigenvalue weighted by atomic mass is 16.3. The number of benzene rings is 2. The van der Waals surface area contributed by atoms with Gasteiger partial charge in [0.05, 0.1) is 0 Å². The number of fused-ring (bicyclic) bond motifs is 1. The number of hydrogen-bond donors (Lipinski definition) is 0. The molecule has 1 amide bonds. The van der Waals surface area contributed by atoms with Crippen LogP contribution in [0.25, 0.3) is 11.1 Å². The molecule has 0 aliphatic carbocycles. The van der Waals surface area contributed by atoms with E-state index in [4.69, 9.17) is 4.42 Å². The molecule has 1 heterocycles. The standard InChI is InChI=1S/C18H18N2O2/c1-4-20(15-7-5-6-12(2)10-15)18(21)14-8-9-16-17(11-14)22-13(3)19-16/h5-11H,4H2,1-3H3. The average molecular weight is 294 g/mol. The van der Waals surface area contributed by atoms with Crippen LogP contribution in [-0.4, -0.2) is 17.4 Å². The molecule has 0 fully saturated rings. The lowest BCUT2D eigenvalue weighted by molar-refractivity contribution is 0.0988. The second kappa shape index (κ2) is 5.64. The minimum Gasteiger partial charge on any atom is -0.441 e. The molecule has 4 heteroatoms. The lowest BCUT2D eigenvalue weighted by Crippen LogP contribution is -2.30. The molecule has 0 aliphatic heterocycles. The topological polar surface area (TPSA) is 46.3 Å². The minimum absolute atomic E-state index is 0.0379. The molecule has 3 aromatic rings. The molecule has 4 nitrogen and oxygen atoms in total. The molecule has 3 rings (SSSR count). The second-order valence-electron chi connectivity index (χ2n) is 5.30. The van der Waals surface area contributed by atoms with Crippen LogP contribution in [0, 0.1) is 13.8 Å². The number of rotatable bonds is 3. The van der Waals surface area contributed by atoms with Crippen LogP contribution in [0.4, 0.5) is 5.69 Å². The molecule has 0 radical (unpaired) electrons. The summed E-state index contributed by atoms with van der Waals surface area (Å²) in [5.41, 5.74) is 4.05. The van der Waals surface area contributed by atoms with Gasteiger partial charge in [0.15, 0.2) is 11.5 Å². The molecule has 1 aromatic heterocycles. The number of oxazole rings is 1. The predicted molar refractivity (Wildman–Crippen MR) is 87.3 cm³/mol. The van der Waals surface area contributed by atoms with Crippen LogP contribution in [0.5, 0.6) is 0 Å². The Morgan fingerprint density at radius 3 is 2.73 bits per heavy atom. The fourth-order valence-electron chi connectivity index (χ4n) is 2.57. The van der Waals surface area contributed by atoms with Crippen molar-refractivity contribution in [3.63, 3.8) is 0 Å². The number of aromatic nitrogens is 1. The van der Waals surface area contributed by atoms with Gasteiger partial charge >= 0.3 is 0 Å². The largest absolute Gasteiger partial charge is 0.441 e. The number of nitrogens with zero attached hydrogens (tertiary/aromatic N) is 2. The van der Waals surface area contributed by atoms with E-state index in [0.717, 1.165) is 16.8 Å². The molecule has 0 unspecified atom stereocenters. The van der Waals surface area contributed by atoms with Crippen molar-refractivity contribution in [1.29, 1.82) is 0 Å². The van der Waals surface area contributed by atoms with Gasteiger partial charge in [-0.15, -0.1) is 0 Å². The van der Waals surface area contributed by atoms with Crippen molar-refractivity contribution in [2.75, 3.05) is 11.4 Å². The SMILES string of the molecule is CCN(C(=O)c1ccc2nc(C)oc2c1)c1cccc(C)c1. The summed E-state index contributed by atoms with van der Waals surface area (Å²) in [4.78, 5) is 18.8. The summed E-state index contributed by atoms with van der Waals surface area (Å²) in [6.45, 7) is 6.39. The van der Waals surface area contributed by atoms with Gasteiger partial charge in [0.2, 0.25) is 0 Å². The first-order valence-corrected chi connectivity index (χ1v) is 7.34. The maximum atomic E-state index is 12.8. The van der Waals surface area contributed by atoms with Crippen LogP contribution in [-0.2, 0) is 0 Å². The number of anilines is 1. The molecule has 22 heavy (non-hydrogen) atoms. The summed E-state index contributed by atoms with van der Waals surface area (Å²) < 4.78 is 5.52. The average Bonchev–Trinajstić information content (AvgIpc) is 2.87. The van der Waals surface area contributed by atoms with Crippen LogP contribution in [0.1, 0.15) is 28.7 Å². The third-order valence-electron chi connectivity index (χ3n) is 3.62. The van der Waals surface area contributed by atoms with E-state index in [9.17, 15) is 4.79 Å². The van der Waals surface area contributed by atoms with Crippen molar-refractivity contribution in [1.82, 2.24) is 4.98 Å². The molecule has 0 bridgehead atoms. The Balaban J connectivity index is 1.98. The first-order chi connectivity index (χ1) is 10.6. The van der Waals surface area contributed by atoms with Crippen LogP contribution in [0.15, 0.2) is 46.9 Å². The molecular formula is C18H18N2O2. The van der Waals surface area contributed by atoms with Crippen molar-refractivity contribution in [3.8, 4) is 0 Å². The first kappa shape index (κ1) is 14.3. The normalized spacial score (nSPS) is 10.9. The van der Waals surface area contributed by atoms with Crippen molar-refractivity contribution in [3.05, 3.63) is 59.5 Å². The number of aryl methyl sites for hydroxylation is 2. The molecule has 0 N–H and O–H groups in total. The molecule has 2 aromatic carbocycles. The Labute approximate surface area is 129 Å². The first-order valence-electron chi connectivity index (χ1n) is 7.34. The van der Waals surface area contributed by atoms with Gasteiger partial charge in [-0.1, -0.05) is 12.1 Å². The summed E-state index contributed by atoms with van der Waals surface area (Å²) in [6, 6.07) is 13.3. The third kappa shape index (κ3) is 2.60. The quantitative estimate of drug-likeness (QED) is 0.730. The zero-order valence-corrected chi connectivity index (χ0v) is 13.0. The molecule has 112 valence electrons. The van der Waals surface area contributed by atoms with Gasteiger partial charge in [0.25, 0.3) is 5.91 Å². The Kier molecular flexibility index (Phi) is 3.67. The molecule has 0 atom stereocenters. The Morgan fingerprint density at radius 1 is 1.18 bits per heavy atom. The minimum atomic E-state index is -0.0379. The van der Waals surface area contributed by atoms with E-state index >= 15 is 0 Å². The van der Waals surface area contributed by atoms with E-state index in [1.54, 1.807) is 24.0 Å². The lowest BCUT2D eigenvalue weighted by atomic mass is 10.1. The maximum absolute atomic E-state index is 12.8. The van der Waals surface area contributed by atoms with Gasteiger partial charge in [0.1, 0.15) is 5.52 Å². The summed E-state index contributed by atoms with van der Waals surface area (Å²) in [7, 11) is 0. The summed E-state index contributed by atoms with van der Waals surface area (Å²) in [6.07, 6.45) is 0. The molecule has 0 saturated heterocycles. The van der Waals surface area contributed by atoms with E-state index in [1.165, 1.54) is 0 Å². The van der Waals surface area contributed by atoms with Gasteiger partial charge < -0.3 is 9.32 Å². The summed E-state index contributed by atoms with van der Waals surface area (Å²) in [5, 5.41) is 0. The van der Waals surface area contributed by atoms with Gasteiger partial charge in [-0.3, -0.25) is 4.79 Å². The van der Waals surface area contributed by atoms with E-state index in [0.29, 0.717) is 23.6 Å². The van der Waals surface area contributed by atoms with E-state index in [2.05, 4.69) is 4.98 Å². The van der Waals surface area contributed by atoms with Gasteiger partial charge in [0, 0.05) is 24.7 Å². The fourth-order valence-corrected chi connectivity index (χ4v) is 2.57. The van der Waals surface area contributed by atoms with Crippen LogP contribution >= 0.6 is 0 Å². The van der Waals surface area contributed by atoms with Crippen molar-refractivity contribution in [2.45, 2.75) is 20.8 Å². The highest BCUT2D eigenvalue weighted by molar-refractivity contribution is 6.07. The van der Waals surface area contributed by atoms with Crippen molar-refractivity contribution >= 4 is 22.7 Å². The lowest BCUT2D eigenvalue weighted by Gasteiger charge is -2.21. The molecule has 0 aliphatic rings. The highest BCUT2D eigenvalue weighted by Gasteiger charge is 2.17. The molecular weight excluding hydrogens is 276 g/mol. The van der Waals surface area contributed by atoms with Gasteiger partial charge in [-0.25, -0.2) is 4.98 Å². The van der Waals surface area contributed by atoms with Crippen LogP contribution in [0.2, 0.25) is 0 Å². The number of amides is 1. The smallest absolute Gasteiger partial charge is 0.258 e. The third-order valence-corrected chi connectivity index (χ3v) is 3.62. The summed E-state index contributed by atoms with van der Waals surface area (Å²) >= 11 is 0. The number of carbonyl (C=O) groups excluding carboxylic acids is 1. The van der Waals surface area contributed by atoms with E-state index in [-0.39, 0.29) is 5.91 Å². The van der Waals surface area contributed by atoms with Crippen LogP contribution in [0.3, 0.4) is 0 Å². The fraction of sp³-hybridized carbons (Fsp3) is 0.222. The summed E-state index contributed by atoms with van der Waals surface area (Å²) in [5.74, 6) is 0.565.